The van der Waals surface area contributed by atoms with Gasteiger partial charge in [0.25, 0.3) is 0 Å². The van der Waals surface area contributed by atoms with Crippen LogP contribution < -0.4 is 10.6 Å². The molecule has 1 aromatic heterocycles. The molecule has 1 saturated heterocycles. The minimum atomic E-state index is -0.382. The molecule has 1 fully saturated rings. The zero-order valence-corrected chi connectivity index (χ0v) is 11.6. The summed E-state index contributed by atoms with van der Waals surface area (Å²) in [5, 5.41) is 22.6. The van der Waals surface area contributed by atoms with E-state index in [0.29, 0.717) is 5.82 Å². The number of hydrogen-bond donors (Lipinski definition) is 3. The molecule has 0 spiro atoms. The van der Waals surface area contributed by atoms with Gasteiger partial charge in [-0.3, -0.25) is 4.79 Å². The molecule has 3 N–H and O–H groups in total. The average molecular weight is 317 g/mol. The maximum absolute atomic E-state index is 12.0. The van der Waals surface area contributed by atoms with Crippen LogP contribution in [0.1, 0.15) is 6.42 Å². The van der Waals surface area contributed by atoms with E-state index < -0.39 is 0 Å². The number of carbonyl (C=O) groups excluding carboxylic acids is 1. The SMILES string of the molecule is Br.O=C(Nc1cccnn1)C(CO)[C@H]1CCNC1. The second-order valence-electron chi connectivity index (χ2n) is 4.14. The van der Waals surface area contributed by atoms with Crippen LogP contribution in [-0.2, 0) is 4.79 Å². The van der Waals surface area contributed by atoms with E-state index >= 15 is 0 Å². The largest absolute Gasteiger partial charge is 0.396 e. The van der Waals surface area contributed by atoms with Crippen LogP contribution in [0.3, 0.4) is 0 Å². The highest BCUT2D eigenvalue weighted by Crippen LogP contribution is 2.20. The predicted molar refractivity (Wildman–Crippen MR) is 72.5 cm³/mol. The molecular weight excluding hydrogens is 300 g/mol. The summed E-state index contributed by atoms with van der Waals surface area (Å²) in [6.07, 6.45) is 2.46. The molecule has 2 atom stereocenters. The molecule has 2 rings (SSSR count). The third-order valence-electron chi connectivity index (χ3n) is 3.02. The Morgan fingerprint density at radius 1 is 1.67 bits per heavy atom. The quantitative estimate of drug-likeness (QED) is 0.739. The Hall–Kier alpha value is -1.05. The molecular formula is C11H17BrN4O2. The van der Waals surface area contributed by atoms with Crippen molar-refractivity contribution < 1.29 is 9.90 Å². The van der Waals surface area contributed by atoms with Gasteiger partial charge in [-0.05, 0) is 37.6 Å². The number of nitrogens with one attached hydrogen (secondary N) is 2. The summed E-state index contributed by atoms with van der Waals surface area (Å²) < 4.78 is 0. The van der Waals surface area contributed by atoms with Gasteiger partial charge in [0.15, 0.2) is 5.82 Å². The van der Waals surface area contributed by atoms with Gasteiger partial charge in [-0.25, -0.2) is 0 Å². The van der Waals surface area contributed by atoms with Crippen LogP contribution in [0, 0.1) is 11.8 Å². The maximum Gasteiger partial charge on any atom is 0.231 e. The Labute approximate surface area is 116 Å². The lowest BCUT2D eigenvalue weighted by Gasteiger charge is -2.19. The summed E-state index contributed by atoms with van der Waals surface area (Å²) in [5.74, 6) is 0.0345. The van der Waals surface area contributed by atoms with E-state index in [1.807, 2.05) is 0 Å². The van der Waals surface area contributed by atoms with Gasteiger partial charge >= 0.3 is 0 Å². The van der Waals surface area contributed by atoms with Crippen LogP contribution in [0.5, 0.6) is 0 Å². The van der Waals surface area contributed by atoms with Crippen molar-refractivity contribution in [2.45, 2.75) is 6.42 Å². The number of aromatic nitrogens is 2. The number of aliphatic hydroxyl groups is 1. The summed E-state index contributed by atoms with van der Waals surface area (Å²) in [6.45, 7) is 1.54. The third-order valence-corrected chi connectivity index (χ3v) is 3.02. The average Bonchev–Trinajstić information content (AvgIpc) is 2.85. The van der Waals surface area contributed by atoms with Crippen molar-refractivity contribution >= 4 is 28.7 Å². The molecule has 0 radical (unpaired) electrons. The van der Waals surface area contributed by atoms with Crippen molar-refractivity contribution in [2.24, 2.45) is 11.8 Å². The van der Waals surface area contributed by atoms with Crippen LogP contribution >= 0.6 is 17.0 Å². The third kappa shape index (κ3) is 3.72. The lowest BCUT2D eigenvalue weighted by atomic mass is 9.91. The van der Waals surface area contributed by atoms with Crippen molar-refractivity contribution in [3.8, 4) is 0 Å². The Balaban J connectivity index is 0.00000162. The van der Waals surface area contributed by atoms with Crippen molar-refractivity contribution in [2.75, 3.05) is 25.0 Å². The maximum atomic E-state index is 12.0. The topological polar surface area (TPSA) is 87.1 Å². The van der Waals surface area contributed by atoms with Crippen molar-refractivity contribution in [1.82, 2.24) is 15.5 Å². The second-order valence-corrected chi connectivity index (χ2v) is 4.14. The summed E-state index contributed by atoms with van der Waals surface area (Å²) in [7, 11) is 0. The van der Waals surface area contributed by atoms with Crippen LogP contribution in [0.25, 0.3) is 0 Å². The molecule has 0 aliphatic carbocycles. The number of anilines is 1. The van der Waals surface area contributed by atoms with Gasteiger partial charge in [0.05, 0.1) is 12.5 Å². The lowest BCUT2D eigenvalue weighted by molar-refractivity contribution is -0.122. The van der Waals surface area contributed by atoms with Gasteiger partial charge in [0, 0.05) is 6.20 Å². The summed E-state index contributed by atoms with van der Waals surface area (Å²) >= 11 is 0. The van der Waals surface area contributed by atoms with E-state index in [1.165, 1.54) is 0 Å². The number of halogens is 1. The molecule has 0 saturated carbocycles. The fourth-order valence-electron chi connectivity index (χ4n) is 2.05. The van der Waals surface area contributed by atoms with Crippen molar-refractivity contribution in [3.63, 3.8) is 0 Å². The molecule has 1 amide bonds. The highest BCUT2D eigenvalue weighted by molar-refractivity contribution is 8.93. The van der Waals surface area contributed by atoms with E-state index in [4.69, 9.17) is 0 Å². The molecule has 6 nitrogen and oxygen atoms in total. The van der Waals surface area contributed by atoms with E-state index in [1.54, 1.807) is 18.3 Å². The first kappa shape index (κ1) is 15.0. The first-order valence-electron chi connectivity index (χ1n) is 5.71. The Bertz CT molecular complexity index is 371. The van der Waals surface area contributed by atoms with Gasteiger partial charge in [0.1, 0.15) is 0 Å². The minimum Gasteiger partial charge on any atom is -0.396 e. The van der Waals surface area contributed by atoms with E-state index in [9.17, 15) is 9.90 Å². The Morgan fingerprint density at radius 2 is 2.50 bits per heavy atom. The van der Waals surface area contributed by atoms with Gasteiger partial charge in [-0.2, -0.15) is 5.10 Å². The smallest absolute Gasteiger partial charge is 0.231 e. The normalized spacial score (nSPS) is 19.9. The number of nitrogens with zero attached hydrogens (tertiary/aromatic N) is 2. The molecule has 0 bridgehead atoms. The number of rotatable bonds is 4. The summed E-state index contributed by atoms with van der Waals surface area (Å²) in [5.41, 5.74) is 0. The zero-order chi connectivity index (χ0) is 12.1. The molecule has 0 aromatic carbocycles. The van der Waals surface area contributed by atoms with Crippen LogP contribution in [0.4, 0.5) is 5.82 Å². The molecule has 100 valence electrons. The van der Waals surface area contributed by atoms with Gasteiger partial charge in [0.2, 0.25) is 5.91 Å². The fourth-order valence-corrected chi connectivity index (χ4v) is 2.05. The van der Waals surface area contributed by atoms with Crippen molar-refractivity contribution in [3.05, 3.63) is 18.3 Å². The van der Waals surface area contributed by atoms with Crippen molar-refractivity contribution in [1.29, 1.82) is 0 Å². The molecule has 2 heterocycles. The highest BCUT2D eigenvalue weighted by Gasteiger charge is 2.30. The zero-order valence-electron chi connectivity index (χ0n) is 9.87. The van der Waals surface area contributed by atoms with E-state index in [-0.39, 0.29) is 41.3 Å². The highest BCUT2D eigenvalue weighted by atomic mass is 79.9. The Morgan fingerprint density at radius 3 is 3.06 bits per heavy atom. The molecule has 1 unspecified atom stereocenters. The van der Waals surface area contributed by atoms with Crippen LogP contribution in [0.2, 0.25) is 0 Å². The standard InChI is InChI=1S/C11H16N4O2.BrH/c16-7-9(8-3-5-12-6-8)11(17)14-10-2-1-4-13-15-10;/h1-2,4,8-9,12,16H,3,5-7H2,(H,14,15,17);1H/t8-,9?;/m0./s1. The summed E-state index contributed by atoms with van der Waals surface area (Å²) in [6, 6.07) is 3.37. The molecule has 1 aromatic rings. The van der Waals surface area contributed by atoms with E-state index in [2.05, 4.69) is 20.8 Å². The lowest BCUT2D eigenvalue weighted by Crippen LogP contribution is -2.33. The predicted octanol–water partition coefficient (Wildman–Crippen LogP) is 0.211. The minimum absolute atomic E-state index is 0. The first-order chi connectivity index (χ1) is 8.31. The van der Waals surface area contributed by atoms with Gasteiger partial charge in [-0.15, -0.1) is 22.1 Å². The van der Waals surface area contributed by atoms with Crippen LogP contribution in [-0.4, -0.2) is 40.9 Å². The monoisotopic (exact) mass is 316 g/mol. The fraction of sp³-hybridized carbons (Fsp3) is 0.545. The Kier molecular flexibility index (Phi) is 6.17. The molecule has 1 aliphatic heterocycles. The van der Waals surface area contributed by atoms with Gasteiger partial charge < -0.3 is 15.7 Å². The number of amides is 1. The summed E-state index contributed by atoms with van der Waals surface area (Å²) in [4.78, 5) is 12.0. The molecule has 1 aliphatic rings. The number of hydrogen-bond acceptors (Lipinski definition) is 5. The van der Waals surface area contributed by atoms with Crippen LogP contribution in [0.15, 0.2) is 18.3 Å². The van der Waals surface area contributed by atoms with E-state index in [0.717, 1.165) is 19.5 Å². The molecule has 7 heteroatoms. The molecule has 18 heavy (non-hydrogen) atoms. The number of aliphatic hydroxyl groups excluding tert-OH is 1. The van der Waals surface area contributed by atoms with Gasteiger partial charge in [-0.1, -0.05) is 0 Å². The number of carbonyl (C=O) groups is 1. The second kappa shape index (κ2) is 7.40. The first-order valence-corrected chi connectivity index (χ1v) is 5.71.